The number of carbonyl (C=O) groups is 5. The summed E-state index contributed by atoms with van der Waals surface area (Å²) in [6.45, 7) is 16.3. The van der Waals surface area contributed by atoms with Crippen LogP contribution in [0.25, 0.3) is 0 Å². The van der Waals surface area contributed by atoms with E-state index in [-0.39, 0.29) is 86.1 Å². The van der Waals surface area contributed by atoms with Gasteiger partial charge in [-0.2, -0.15) is 26.3 Å². The first-order valence-corrected chi connectivity index (χ1v) is 26.4. The smallest absolute Gasteiger partial charge is 0.417 e. The summed E-state index contributed by atoms with van der Waals surface area (Å²) in [5.41, 5.74) is -4.85. The number of carbonyl (C=O) groups excluding carboxylic acids is 5. The van der Waals surface area contributed by atoms with Crippen LogP contribution >= 0.6 is 12.4 Å². The SMILES string of the molecule is COCCCCN1C(=O)C(C)(C)Oc2cc(C(F)(F)F)c(C(=O)N(C(C)C)C3CCN(C(=O)OCc4ccccc4)C3)cc21.COCCCCN1C(=O)C(C)(C)Oc2cc(C(F)(F)F)c(C(=O)N(C(C)C)C3CCNC3)cc21.Cl. The molecule has 5 amide bonds. The monoisotopic (exact) mass is 1140 g/mol. The largest absolute Gasteiger partial charge is 0.476 e. The number of hydrogen-bond acceptors (Lipinski definition) is 11. The maximum absolute atomic E-state index is 14.5. The molecule has 0 radical (unpaired) electrons. The molecule has 16 nitrogen and oxygen atoms in total. The average Bonchev–Trinajstić information content (AvgIpc) is 4.24. The van der Waals surface area contributed by atoms with E-state index in [0.29, 0.717) is 64.8 Å². The predicted molar refractivity (Wildman–Crippen MR) is 287 cm³/mol. The zero-order valence-corrected chi connectivity index (χ0v) is 47.4. The molecular weight excluding hydrogens is 1070 g/mol. The van der Waals surface area contributed by atoms with Crippen molar-refractivity contribution >= 4 is 53.5 Å². The fourth-order valence-electron chi connectivity index (χ4n) is 10.3. The van der Waals surface area contributed by atoms with Crippen molar-refractivity contribution in [2.45, 2.75) is 148 Å². The lowest BCUT2D eigenvalue weighted by Gasteiger charge is -2.40. The van der Waals surface area contributed by atoms with Gasteiger partial charge in [-0.05, 0) is 130 Å². The van der Waals surface area contributed by atoms with Crippen LogP contribution in [0.4, 0.5) is 42.5 Å². The van der Waals surface area contributed by atoms with Gasteiger partial charge in [-0.3, -0.25) is 19.2 Å². The van der Waals surface area contributed by atoms with Crippen molar-refractivity contribution in [3.63, 3.8) is 0 Å². The summed E-state index contributed by atoms with van der Waals surface area (Å²) in [4.78, 5) is 74.1. The Hall–Kier alpha value is -5.84. The third-order valence-electron chi connectivity index (χ3n) is 14.1. The first kappa shape index (κ1) is 64.0. The first-order valence-electron chi connectivity index (χ1n) is 26.4. The van der Waals surface area contributed by atoms with Crippen molar-refractivity contribution in [2.75, 3.05) is 76.5 Å². The highest BCUT2D eigenvalue weighted by Gasteiger charge is 2.48. The van der Waals surface area contributed by atoms with E-state index in [4.69, 9.17) is 23.7 Å². The van der Waals surface area contributed by atoms with Crippen LogP contribution in [-0.4, -0.2) is 146 Å². The molecule has 2 saturated heterocycles. The number of hydrogen-bond donors (Lipinski definition) is 1. The first-order chi connectivity index (χ1) is 36.6. The minimum absolute atomic E-state index is 0. The summed E-state index contributed by atoms with van der Waals surface area (Å²) in [7, 11) is 3.14. The Labute approximate surface area is 464 Å². The number of nitrogens with zero attached hydrogens (tertiary/aromatic N) is 5. The van der Waals surface area contributed by atoms with E-state index in [1.165, 1.54) is 58.3 Å². The number of likely N-dealkylation sites (tertiary alicyclic amines) is 1. The Balaban J connectivity index is 0.000000296. The minimum Gasteiger partial charge on any atom is -0.476 e. The minimum atomic E-state index is -4.87. The molecule has 0 aromatic heterocycles. The van der Waals surface area contributed by atoms with Gasteiger partial charge in [0.15, 0.2) is 11.2 Å². The molecule has 7 rings (SSSR count). The Morgan fingerprint density at radius 2 is 1.15 bits per heavy atom. The van der Waals surface area contributed by atoms with Crippen LogP contribution in [0.3, 0.4) is 0 Å². The molecule has 0 spiro atoms. The summed E-state index contributed by atoms with van der Waals surface area (Å²) in [6.07, 6.45) is -6.72. The van der Waals surface area contributed by atoms with Gasteiger partial charge in [0.25, 0.3) is 23.6 Å². The molecule has 0 aliphatic carbocycles. The molecule has 4 heterocycles. The van der Waals surface area contributed by atoms with Gasteiger partial charge in [-0.25, -0.2) is 4.79 Å². The van der Waals surface area contributed by atoms with E-state index in [1.807, 2.05) is 30.3 Å². The number of alkyl halides is 6. The lowest BCUT2D eigenvalue weighted by atomic mass is 9.97. The number of ether oxygens (including phenoxy) is 5. The fraction of sp³-hybridized carbons (Fsp3) is 0.589. The molecule has 23 heteroatoms. The molecule has 1 N–H and O–H groups in total. The molecule has 4 aliphatic heterocycles. The van der Waals surface area contributed by atoms with Crippen molar-refractivity contribution < 1.29 is 74.0 Å². The van der Waals surface area contributed by atoms with E-state index in [0.717, 1.165) is 23.8 Å². The van der Waals surface area contributed by atoms with Crippen molar-refractivity contribution in [2.24, 2.45) is 0 Å². The number of nitrogens with one attached hydrogen (secondary N) is 1. The molecule has 79 heavy (non-hydrogen) atoms. The van der Waals surface area contributed by atoms with Crippen LogP contribution in [0.15, 0.2) is 54.6 Å². The second-order valence-electron chi connectivity index (χ2n) is 21.5. The van der Waals surface area contributed by atoms with E-state index in [2.05, 4.69) is 5.32 Å². The van der Waals surface area contributed by atoms with Crippen LogP contribution < -0.4 is 24.6 Å². The third-order valence-corrected chi connectivity index (χ3v) is 14.1. The van der Waals surface area contributed by atoms with Crippen molar-refractivity contribution in [1.29, 1.82) is 0 Å². The maximum Gasteiger partial charge on any atom is 0.417 e. The van der Waals surface area contributed by atoms with Gasteiger partial charge in [-0.1, -0.05) is 30.3 Å². The summed E-state index contributed by atoms with van der Waals surface area (Å²) in [5.74, 6) is -2.49. The normalized spacial score (nSPS) is 18.5. The Kier molecular flexibility index (Phi) is 21.6. The quantitative estimate of drug-likeness (QED) is 0.0954. The van der Waals surface area contributed by atoms with Crippen LogP contribution in [0.2, 0.25) is 0 Å². The number of methoxy groups -OCH3 is 2. The summed E-state index contributed by atoms with van der Waals surface area (Å²) in [6, 6.07) is 11.7. The molecule has 438 valence electrons. The third kappa shape index (κ3) is 15.1. The number of amides is 5. The van der Waals surface area contributed by atoms with Gasteiger partial charge in [0.05, 0.1) is 39.7 Å². The fourth-order valence-corrected chi connectivity index (χ4v) is 10.3. The summed E-state index contributed by atoms with van der Waals surface area (Å²) >= 11 is 0. The van der Waals surface area contributed by atoms with Crippen molar-refractivity contribution in [3.05, 3.63) is 82.4 Å². The van der Waals surface area contributed by atoms with E-state index in [1.54, 1.807) is 41.9 Å². The standard InChI is InChI=1S/C32H40F3N3O6.C24H34F3N3O4.ClH/c1-21(2)38(23-13-15-36(19-23)30(41)43-20-22-11-7-6-8-12-22)28(39)24-17-26-27(18-25(24)32(33,34)35)44-31(3,4)29(40)37(26)14-9-10-16-42-5;1-15(2)30(16-8-9-28-14-16)21(31)17-12-19-20(13-18(17)24(25,26)27)34-23(3,4)22(32)29(19)10-6-7-11-33-5;/h6-8,11-12,17-18,21,23H,9-10,13-16,19-20H2,1-5H3;12-13,15-16,28H,6-11,14H2,1-5H3;1H. The average molecular weight is 1140 g/mol. The number of rotatable bonds is 18. The highest BCUT2D eigenvalue weighted by molar-refractivity contribution is 6.06. The van der Waals surface area contributed by atoms with E-state index < -0.39 is 81.7 Å². The van der Waals surface area contributed by atoms with E-state index >= 15 is 0 Å². The second-order valence-corrected chi connectivity index (χ2v) is 21.5. The predicted octanol–water partition coefficient (Wildman–Crippen LogP) is 10.2. The molecule has 0 saturated carbocycles. The topological polar surface area (TPSA) is 160 Å². The molecule has 2 atom stereocenters. The van der Waals surface area contributed by atoms with Crippen LogP contribution in [0.1, 0.15) is 131 Å². The van der Waals surface area contributed by atoms with E-state index in [9.17, 15) is 50.3 Å². The number of halogens is 7. The van der Waals surface area contributed by atoms with Gasteiger partial charge in [0.2, 0.25) is 0 Å². The number of benzene rings is 3. The molecule has 0 bridgehead atoms. The Bertz CT molecular complexity index is 2610. The van der Waals surface area contributed by atoms with Crippen LogP contribution in [-0.2, 0) is 42.8 Å². The molecule has 2 fully saturated rings. The van der Waals surface area contributed by atoms with Gasteiger partial charge < -0.3 is 53.5 Å². The number of anilines is 2. The molecule has 3 aromatic carbocycles. The molecule has 3 aromatic rings. The highest BCUT2D eigenvalue weighted by atomic mass is 35.5. The summed E-state index contributed by atoms with van der Waals surface area (Å²) in [5, 5.41) is 3.16. The van der Waals surface area contributed by atoms with Crippen LogP contribution in [0.5, 0.6) is 11.5 Å². The highest BCUT2D eigenvalue weighted by Crippen LogP contribution is 2.47. The lowest BCUT2D eigenvalue weighted by molar-refractivity contribution is -0.139. The Morgan fingerprint density at radius 1 is 0.696 bits per heavy atom. The maximum atomic E-state index is 14.5. The zero-order chi connectivity index (χ0) is 57.5. The summed E-state index contributed by atoms with van der Waals surface area (Å²) < 4.78 is 113. The van der Waals surface area contributed by atoms with Gasteiger partial charge in [-0.15, -0.1) is 12.4 Å². The van der Waals surface area contributed by atoms with Gasteiger partial charge in [0, 0.05) is 78.3 Å². The zero-order valence-electron chi connectivity index (χ0n) is 46.6. The lowest BCUT2D eigenvalue weighted by Crippen LogP contribution is -2.53. The second kappa shape index (κ2) is 26.6. The Morgan fingerprint density at radius 3 is 1.56 bits per heavy atom. The van der Waals surface area contributed by atoms with Gasteiger partial charge >= 0.3 is 18.4 Å². The van der Waals surface area contributed by atoms with Gasteiger partial charge in [0.1, 0.15) is 18.1 Å². The van der Waals surface area contributed by atoms with Crippen molar-refractivity contribution in [3.8, 4) is 11.5 Å². The number of fused-ring (bicyclic) bond motifs is 2. The molecular formula is C56H75ClF6N6O10. The molecule has 4 aliphatic rings. The molecule has 2 unspecified atom stereocenters. The number of unbranched alkanes of at least 4 members (excludes halogenated alkanes) is 2. The van der Waals surface area contributed by atoms with Crippen molar-refractivity contribution in [1.82, 2.24) is 20.0 Å². The van der Waals surface area contributed by atoms with Crippen LogP contribution in [0, 0.1) is 0 Å².